The summed E-state index contributed by atoms with van der Waals surface area (Å²) in [6, 6.07) is -0.794. The number of hydrogen-bond acceptors (Lipinski definition) is 8. The quantitative estimate of drug-likeness (QED) is 0.0556. The minimum Gasteiger partial charge on any atom is -0.394 e. The molecule has 254 valence electrons. The minimum atomic E-state index is -1.56. The number of nitrogens with one attached hydrogen (secondary N) is 1. The molecular formula is C34H65NO8. The molecule has 0 saturated carbocycles. The molecule has 0 aromatic carbocycles. The van der Waals surface area contributed by atoms with E-state index in [1.165, 1.54) is 83.5 Å². The van der Waals surface area contributed by atoms with Crippen molar-refractivity contribution in [3.8, 4) is 0 Å². The molecule has 1 heterocycles. The highest BCUT2D eigenvalue weighted by atomic mass is 16.7. The van der Waals surface area contributed by atoms with E-state index in [4.69, 9.17) is 9.47 Å². The maximum atomic E-state index is 12.7. The number of ether oxygens (including phenoxy) is 2. The van der Waals surface area contributed by atoms with E-state index < -0.39 is 49.5 Å². The Labute approximate surface area is 261 Å². The Morgan fingerprint density at radius 3 is 1.81 bits per heavy atom. The van der Waals surface area contributed by atoms with Crippen LogP contribution in [0.25, 0.3) is 0 Å². The minimum absolute atomic E-state index is 0.185. The zero-order chi connectivity index (χ0) is 31.7. The topological polar surface area (TPSA) is 149 Å². The number of hydrogen-bond donors (Lipinski definition) is 6. The Bertz CT molecular complexity index is 691. The standard InChI is InChI=1S/C34H65NO8/c1-3-5-7-9-11-13-14-15-16-17-19-21-23-28(37)27(35-30(38)24-22-20-18-12-10-8-6-4-2)26-42-34-33(41)32(40)31(39)29(25-36)43-34/h21,23,27-29,31-34,36-37,39-41H,3-20,22,24-26H2,1-2H3,(H,35,38)/b23-21+/t27-,28+,29+,31+,32?,33?,34+/m0/s1. The van der Waals surface area contributed by atoms with Gasteiger partial charge in [0, 0.05) is 6.42 Å². The van der Waals surface area contributed by atoms with Gasteiger partial charge in [-0.3, -0.25) is 4.79 Å². The van der Waals surface area contributed by atoms with Crippen molar-refractivity contribution in [1.29, 1.82) is 0 Å². The highest BCUT2D eigenvalue weighted by Gasteiger charge is 2.44. The number of aliphatic hydroxyl groups excluding tert-OH is 5. The van der Waals surface area contributed by atoms with Crippen LogP contribution in [0.2, 0.25) is 0 Å². The van der Waals surface area contributed by atoms with Gasteiger partial charge in [0.05, 0.1) is 25.4 Å². The summed E-state index contributed by atoms with van der Waals surface area (Å²) in [6.07, 6.45) is 18.4. The van der Waals surface area contributed by atoms with Gasteiger partial charge in [-0.2, -0.15) is 0 Å². The maximum Gasteiger partial charge on any atom is 0.220 e. The fourth-order valence-electron chi connectivity index (χ4n) is 5.45. The number of rotatable bonds is 27. The number of aliphatic hydroxyl groups is 5. The molecule has 9 nitrogen and oxygen atoms in total. The zero-order valence-corrected chi connectivity index (χ0v) is 27.2. The first-order chi connectivity index (χ1) is 20.8. The van der Waals surface area contributed by atoms with Crippen LogP contribution in [0.5, 0.6) is 0 Å². The van der Waals surface area contributed by atoms with E-state index in [-0.39, 0.29) is 12.5 Å². The van der Waals surface area contributed by atoms with Gasteiger partial charge in [0.2, 0.25) is 5.91 Å². The van der Waals surface area contributed by atoms with Crippen molar-refractivity contribution < 1.29 is 39.8 Å². The normalized spacial score (nSPS) is 23.9. The third kappa shape index (κ3) is 18.5. The first-order valence-electron chi connectivity index (χ1n) is 17.4. The van der Waals surface area contributed by atoms with Crippen LogP contribution in [0.3, 0.4) is 0 Å². The van der Waals surface area contributed by atoms with Crippen LogP contribution in [0.15, 0.2) is 12.2 Å². The van der Waals surface area contributed by atoms with Gasteiger partial charge in [-0.1, -0.05) is 129 Å². The molecule has 0 aromatic heterocycles. The molecule has 1 rings (SSSR count). The zero-order valence-electron chi connectivity index (χ0n) is 27.2. The molecule has 43 heavy (non-hydrogen) atoms. The Morgan fingerprint density at radius 1 is 0.767 bits per heavy atom. The molecule has 0 aromatic rings. The van der Waals surface area contributed by atoms with E-state index in [0.717, 1.165) is 38.5 Å². The van der Waals surface area contributed by atoms with E-state index in [1.54, 1.807) is 6.08 Å². The van der Waals surface area contributed by atoms with Gasteiger partial charge in [-0.05, 0) is 19.3 Å². The molecule has 2 unspecified atom stereocenters. The van der Waals surface area contributed by atoms with Crippen LogP contribution < -0.4 is 5.32 Å². The van der Waals surface area contributed by atoms with Crippen molar-refractivity contribution in [3.05, 3.63) is 12.2 Å². The maximum absolute atomic E-state index is 12.7. The van der Waals surface area contributed by atoms with Gasteiger partial charge < -0.3 is 40.3 Å². The molecular weight excluding hydrogens is 550 g/mol. The van der Waals surface area contributed by atoms with Crippen LogP contribution in [0.4, 0.5) is 0 Å². The van der Waals surface area contributed by atoms with Crippen molar-refractivity contribution in [2.75, 3.05) is 13.2 Å². The smallest absolute Gasteiger partial charge is 0.220 e. The molecule has 0 radical (unpaired) electrons. The summed E-state index contributed by atoms with van der Waals surface area (Å²) in [5.74, 6) is -0.185. The van der Waals surface area contributed by atoms with Crippen molar-refractivity contribution in [3.63, 3.8) is 0 Å². The average Bonchev–Trinajstić information content (AvgIpc) is 3.00. The first-order valence-corrected chi connectivity index (χ1v) is 17.4. The third-order valence-electron chi connectivity index (χ3n) is 8.36. The lowest BCUT2D eigenvalue weighted by Gasteiger charge is -2.40. The number of carbonyl (C=O) groups excluding carboxylic acids is 1. The van der Waals surface area contributed by atoms with Gasteiger partial charge in [0.15, 0.2) is 6.29 Å². The van der Waals surface area contributed by atoms with E-state index in [2.05, 4.69) is 19.2 Å². The Balaban J connectivity index is 2.52. The van der Waals surface area contributed by atoms with Crippen LogP contribution in [-0.4, -0.2) is 87.5 Å². The van der Waals surface area contributed by atoms with Gasteiger partial charge in [-0.15, -0.1) is 0 Å². The fraction of sp³-hybridized carbons (Fsp3) is 0.912. The van der Waals surface area contributed by atoms with Crippen LogP contribution in [0, 0.1) is 0 Å². The van der Waals surface area contributed by atoms with Gasteiger partial charge in [0.25, 0.3) is 0 Å². The number of amides is 1. The highest BCUT2D eigenvalue weighted by Crippen LogP contribution is 2.22. The SMILES string of the molecule is CCCCCCCCCCCC/C=C/[C@@H](O)[C@H](CO[C@@H]1O[C@H](CO)[C@@H](O)C(O)C1O)NC(=O)CCCCCCCCCC. The molecule has 9 heteroatoms. The summed E-state index contributed by atoms with van der Waals surface area (Å²) >= 11 is 0. The number of unbranched alkanes of at least 4 members (excludes halogenated alkanes) is 17. The molecule has 1 fully saturated rings. The summed E-state index contributed by atoms with van der Waals surface area (Å²) in [5.41, 5.74) is 0. The second-order valence-electron chi connectivity index (χ2n) is 12.3. The van der Waals surface area contributed by atoms with E-state index in [9.17, 15) is 30.3 Å². The lowest BCUT2D eigenvalue weighted by Crippen LogP contribution is -2.60. The van der Waals surface area contributed by atoms with Crippen molar-refractivity contribution >= 4 is 5.91 Å². The Kier molecular flexibility index (Phi) is 24.3. The molecule has 0 spiro atoms. The summed E-state index contributed by atoms with van der Waals surface area (Å²) in [7, 11) is 0. The van der Waals surface area contributed by atoms with E-state index >= 15 is 0 Å². The van der Waals surface area contributed by atoms with Crippen molar-refractivity contribution in [2.24, 2.45) is 0 Å². The number of allylic oxidation sites excluding steroid dienone is 1. The Morgan fingerprint density at radius 2 is 1.28 bits per heavy atom. The van der Waals surface area contributed by atoms with Gasteiger partial charge in [0.1, 0.15) is 24.4 Å². The van der Waals surface area contributed by atoms with Crippen LogP contribution in [0.1, 0.15) is 142 Å². The lowest BCUT2D eigenvalue weighted by molar-refractivity contribution is -0.302. The summed E-state index contributed by atoms with van der Waals surface area (Å²) in [6.45, 7) is 3.69. The first kappa shape index (κ1) is 40.0. The van der Waals surface area contributed by atoms with E-state index in [0.29, 0.717) is 6.42 Å². The molecule has 1 aliphatic heterocycles. The summed E-state index contributed by atoms with van der Waals surface area (Å²) in [5, 5.41) is 53.6. The van der Waals surface area contributed by atoms with Crippen LogP contribution in [-0.2, 0) is 14.3 Å². The predicted molar refractivity (Wildman–Crippen MR) is 170 cm³/mol. The van der Waals surface area contributed by atoms with Crippen molar-refractivity contribution in [2.45, 2.75) is 185 Å². The third-order valence-corrected chi connectivity index (χ3v) is 8.36. The van der Waals surface area contributed by atoms with Gasteiger partial charge >= 0.3 is 0 Å². The molecule has 0 aliphatic carbocycles. The molecule has 1 aliphatic rings. The predicted octanol–water partition coefficient (Wildman–Crippen LogP) is 5.05. The second-order valence-corrected chi connectivity index (χ2v) is 12.3. The summed E-state index contributed by atoms with van der Waals surface area (Å²) < 4.78 is 11.1. The second kappa shape index (κ2) is 26.2. The molecule has 6 N–H and O–H groups in total. The highest BCUT2D eigenvalue weighted by molar-refractivity contribution is 5.76. The number of carbonyl (C=O) groups is 1. The lowest BCUT2D eigenvalue weighted by atomic mass is 9.99. The molecule has 1 amide bonds. The molecule has 7 atom stereocenters. The average molecular weight is 616 g/mol. The van der Waals surface area contributed by atoms with Gasteiger partial charge in [-0.25, -0.2) is 0 Å². The Hall–Kier alpha value is -1.07. The monoisotopic (exact) mass is 615 g/mol. The van der Waals surface area contributed by atoms with Crippen LogP contribution >= 0.6 is 0 Å². The molecule has 0 bridgehead atoms. The summed E-state index contributed by atoms with van der Waals surface area (Å²) in [4.78, 5) is 12.7. The van der Waals surface area contributed by atoms with E-state index in [1.807, 2.05) is 6.08 Å². The molecule has 1 saturated heterocycles. The van der Waals surface area contributed by atoms with Crippen molar-refractivity contribution in [1.82, 2.24) is 5.32 Å². The largest absolute Gasteiger partial charge is 0.394 e. The fourth-order valence-corrected chi connectivity index (χ4v) is 5.45.